The Morgan fingerprint density at radius 1 is 0.800 bits per heavy atom. The summed E-state index contributed by atoms with van der Waals surface area (Å²) >= 11 is 0. The number of benzene rings is 2. The molecular formula is C37H54O8. The average Bonchev–Trinajstić information content (AvgIpc) is 3.91. The minimum atomic E-state index is -1.30. The molecule has 2 aromatic rings. The van der Waals surface area contributed by atoms with Crippen LogP contribution in [0.5, 0.6) is 11.5 Å². The van der Waals surface area contributed by atoms with Gasteiger partial charge in [-0.05, 0) is 79.3 Å². The first kappa shape index (κ1) is 34.1. The molecule has 250 valence electrons. The molecule has 5 atom stereocenters. The van der Waals surface area contributed by atoms with Gasteiger partial charge in [-0.3, -0.25) is 0 Å². The van der Waals surface area contributed by atoms with Crippen LogP contribution in [-0.2, 0) is 35.9 Å². The molecule has 2 fully saturated rings. The second kappa shape index (κ2) is 16.6. The van der Waals surface area contributed by atoms with E-state index >= 15 is 0 Å². The number of unbranched alkanes of at least 4 members (excludes halogenated alkanes) is 3. The molecule has 45 heavy (non-hydrogen) atoms. The maximum atomic E-state index is 10.7. The van der Waals surface area contributed by atoms with Crippen molar-refractivity contribution in [3.8, 4) is 11.5 Å². The van der Waals surface area contributed by atoms with Gasteiger partial charge in [-0.1, -0.05) is 58.2 Å². The Morgan fingerprint density at radius 2 is 1.47 bits per heavy atom. The summed E-state index contributed by atoms with van der Waals surface area (Å²) in [7, 11) is 1.67. The Bertz CT molecular complexity index is 1200. The Kier molecular flexibility index (Phi) is 12.6. The quantitative estimate of drug-likeness (QED) is 0.184. The van der Waals surface area contributed by atoms with Crippen LogP contribution in [0, 0.1) is 0 Å². The smallest absolute Gasteiger partial charge is 0.225 e. The lowest BCUT2D eigenvalue weighted by Gasteiger charge is -2.52. The van der Waals surface area contributed by atoms with Crippen molar-refractivity contribution in [1.82, 2.24) is 0 Å². The number of aliphatic hydroxyl groups excluding tert-OH is 1. The van der Waals surface area contributed by atoms with Crippen LogP contribution >= 0.6 is 0 Å². The van der Waals surface area contributed by atoms with Gasteiger partial charge in [0.05, 0.1) is 6.61 Å². The summed E-state index contributed by atoms with van der Waals surface area (Å²) in [6, 6.07) is 12.8. The minimum absolute atomic E-state index is 0.221. The lowest BCUT2D eigenvalue weighted by atomic mass is 9.85. The molecule has 0 bridgehead atoms. The number of hydrogen-bond acceptors (Lipinski definition) is 8. The third-order valence-corrected chi connectivity index (χ3v) is 9.15. The highest BCUT2D eigenvalue weighted by Crippen LogP contribution is 2.47. The van der Waals surface area contributed by atoms with Gasteiger partial charge in [0, 0.05) is 32.5 Å². The highest BCUT2D eigenvalue weighted by molar-refractivity contribution is 5.47. The van der Waals surface area contributed by atoms with E-state index in [4.69, 9.17) is 33.2 Å². The lowest BCUT2D eigenvalue weighted by Crippen LogP contribution is -2.66. The van der Waals surface area contributed by atoms with Crippen molar-refractivity contribution >= 4 is 0 Å². The Balaban J connectivity index is 1.54. The molecule has 0 radical (unpaired) electrons. The Labute approximate surface area is 269 Å². The number of methoxy groups -OCH3 is 1. The molecule has 8 nitrogen and oxygen atoms in total. The van der Waals surface area contributed by atoms with E-state index in [1.54, 1.807) is 7.11 Å². The van der Waals surface area contributed by atoms with Crippen LogP contribution in [0.1, 0.15) is 100 Å². The van der Waals surface area contributed by atoms with E-state index in [1.807, 2.05) is 6.07 Å². The summed E-state index contributed by atoms with van der Waals surface area (Å²) < 4.78 is 44.7. The number of hydrogen-bond donors (Lipinski definition) is 1. The highest BCUT2D eigenvalue weighted by atomic mass is 16.7. The van der Waals surface area contributed by atoms with Gasteiger partial charge in [0.1, 0.15) is 37.6 Å². The Morgan fingerprint density at radius 3 is 2.11 bits per heavy atom. The van der Waals surface area contributed by atoms with Crippen LogP contribution < -0.4 is 9.47 Å². The van der Waals surface area contributed by atoms with E-state index in [9.17, 15) is 5.11 Å². The van der Waals surface area contributed by atoms with E-state index in [1.165, 1.54) is 24.0 Å². The largest absolute Gasteiger partial charge is 0.486 e. The summed E-state index contributed by atoms with van der Waals surface area (Å²) in [6.45, 7) is 9.02. The van der Waals surface area contributed by atoms with Gasteiger partial charge in [-0.25, -0.2) is 0 Å². The zero-order chi connectivity index (χ0) is 31.6. The third kappa shape index (κ3) is 8.03. The summed E-state index contributed by atoms with van der Waals surface area (Å²) in [4.78, 5) is 0. The molecule has 0 amide bonds. The van der Waals surface area contributed by atoms with Crippen LogP contribution in [0.25, 0.3) is 0 Å². The van der Waals surface area contributed by atoms with E-state index in [2.05, 4.69) is 51.1 Å². The van der Waals surface area contributed by atoms with E-state index in [0.717, 1.165) is 67.6 Å². The van der Waals surface area contributed by atoms with Gasteiger partial charge >= 0.3 is 0 Å². The molecule has 5 rings (SSSR count). The third-order valence-electron chi connectivity index (χ3n) is 9.15. The maximum absolute atomic E-state index is 10.7. The summed E-state index contributed by atoms with van der Waals surface area (Å²) in [5.41, 5.74) is 4.60. The molecule has 3 aliphatic rings. The van der Waals surface area contributed by atoms with Crippen LogP contribution in [-0.4, -0.2) is 76.3 Å². The summed E-state index contributed by atoms with van der Waals surface area (Å²) in [5.74, 6) is 0.845. The lowest BCUT2D eigenvalue weighted by molar-refractivity contribution is -0.381. The highest BCUT2D eigenvalue weighted by Gasteiger charge is 2.58. The SMILES string of the molecule is CCCCO[C@H]1[C@H](OCCCC)[C@@H](CO)OC(OC)(c2ccc(C3CC3)c(Cc3ccc4c(c3)OCCO4)c2)[C@@H]1OCCCC. The summed E-state index contributed by atoms with van der Waals surface area (Å²) in [6.07, 6.45) is 6.65. The van der Waals surface area contributed by atoms with Crippen LogP contribution in [0.4, 0.5) is 0 Å². The van der Waals surface area contributed by atoms with E-state index in [-0.39, 0.29) is 6.61 Å². The second-order valence-corrected chi connectivity index (χ2v) is 12.6. The molecule has 1 unspecified atom stereocenters. The van der Waals surface area contributed by atoms with Crippen molar-refractivity contribution in [2.24, 2.45) is 0 Å². The van der Waals surface area contributed by atoms with Gasteiger partial charge in [-0.2, -0.15) is 0 Å². The molecule has 0 spiro atoms. The monoisotopic (exact) mass is 626 g/mol. The topological polar surface area (TPSA) is 84.8 Å². The fourth-order valence-corrected chi connectivity index (χ4v) is 6.47. The number of fused-ring (bicyclic) bond motifs is 1. The van der Waals surface area contributed by atoms with E-state index < -0.39 is 30.2 Å². The molecule has 1 aliphatic carbocycles. The first-order valence-corrected chi connectivity index (χ1v) is 17.3. The number of ether oxygens (including phenoxy) is 7. The fourth-order valence-electron chi connectivity index (χ4n) is 6.47. The standard InChI is InChI=1S/C37H54O8/c1-5-8-17-42-34-33(25-38)45-37(39-4,36(44-19-10-7-3)35(34)43-18-9-6-2)29-14-15-30(27-12-13-27)28(24-29)22-26-11-16-31-32(23-26)41-21-20-40-31/h11,14-16,23-24,27,33-36,38H,5-10,12-13,17-22,25H2,1-4H3/t33-,34-,35+,36-,37?/m1/s1. The van der Waals surface area contributed by atoms with Gasteiger partial charge in [0.25, 0.3) is 0 Å². The van der Waals surface area contributed by atoms with Crippen molar-refractivity contribution in [3.05, 3.63) is 58.7 Å². The molecule has 1 saturated heterocycles. The zero-order valence-corrected chi connectivity index (χ0v) is 27.8. The van der Waals surface area contributed by atoms with Gasteiger partial charge in [0.2, 0.25) is 5.79 Å². The molecule has 2 aromatic carbocycles. The van der Waals surface area contributed by atoms with Crippen molar-refractivity contribution in [1.29, 1.82) is 0 Å². The van der Waals surface area contributed by atoms with Crippen molar-refractivity contribution < 1.29 is 38.3 Å². The number of rotatable bonds is 18. The molecule has 2 aliphatic heterocycles. The van der Waals surface area contributed by atoms with Gasteiger partial charge in [0.15, 0.2) is 11.5 Å². The fraction of sp³-hybridized carbons (Fsp3) is 0.676. The minimum Gasteiger partial charge on any atom is -0.486 e. The first-order valence-electron chi connectivity index (χ1n) is 17.3. The van der Waals surface area contributed by atoms with Crippen molar-refractivity contribution in [2.45, 2.75) is 115 Å². The normalized spacial score (nSPS) is 26.2. The van der Waals surface area contributed by atoms with Gasteiger partial charge < -0.3 is 38.3 Å². The molecule has 8 heteroatoms. The molecule has 2 heterocycles. The van der Waals surface area contributed by atoms with Crippen LogP contribution in [0.15, 0.2) is 36.4 Å². The Hall–Kier alpha value is -2.20. The molecular weight excluding hydrogens is 572 g/mol. The molecule has 1 saturated carbocycles. The van der Waals surface area contributed by atoms with Crippen molar-refractivity contribution in [2.75, 3.05) is 46.8 Å². The molecule has 0 aromatic heterocycles. The predicted molar refractivity (Wildman–Crippen MR) is 173 cm³/mol. The van der Waals surface area contributed by atoms with Crippen LogP contribution in [0.3, 0.4) is 0 Å². The predicted octanol–water partition coefficient (Wildman–Crippen LogP) is 6.67. The average molecular weight is 627 g/mol. The molecule has 1 N–H and O–H groups in total. The summed E-state index contributed by atoms with van der Waals surface area (Å²) in [5, 5.41) is 10.7. The van der Waals surface area contributed by atoms with Crippen LogP contribution in [0.2, 0.25) is 0 Å². The van der Waals surface area contributed by atoms with E-state index in [0.29, 0.717) is 39.0 Å². The van der Waals surface area contributed by atoms with Gasteiger partial charge in [-0.15, -0.1) is 0 Å². The second-order valence-electron chi connectivity index (χ2n) is 12.6. The number of aliphatic hydroxyl groups is 1. The van der Waals surface area contributed by atoms with Crippen molar-refractivity contribution in [3.63, 3.8) is 0 Å². The zero-order valence-electron chi connectivity index (χ0n) is 27.8. The first-order chi connectivity index (χ1) is 22.1. The maximum Gasteiger partial charge on any atom is 0.225 e.